The summed E-state index contributed by atoms with van der Waals surface area (Å²) < 4.78 is 6.77. The van der Waals surface area contributed by atoms with Crippen LogP contribution in [0.1, 0.15) is 46.3 Å². The number of para-hydroxylation sites is 1. The Labute approximate surface area is 167 Å². The van der Waals surface area contributed by atoms with Crippen molar-refractivity contribution in [1.29, 1.82) is 0 Å². The zero-order valence-electron chi connectivity index (χ0n) is 16.1. The van der Waals surface area contributed by atoms with Gasteiger partial charge in [-0.1, -0.05) is 12.1 Å². The highest BCUT2D eigenvalue weighted by Crippen LogP contribution is 2.20. The summed E-state index contributed by atoms with van der Waals surface area (Å²) >= 11 is 0. The van der Waals surface area contributed by atoms with Crippen LogP contribution in [0.25, 0.3) is 10.9 Å². The Morgan fingerprint density at radius 2 is 2.00 bits per heavy atom. The molecule has 1 aliphatic rings. The fraction of sp³-hybridized carbons (Fsp3) is 0.273. The Morgan fingerprint density at radius 3 is 2.83 bits per heavy atom. The number of nitrogens with zero attached hydrogens (tertiary/aromatic N) is 2. The molecule has 148 valence electrons. The molecule has 0 spiro atoms. The predicted octanol–water partition coefficient (Wildman–Crippen LogP) is 3.16. The maximum atomic E-state index is 12.8. The summed E-state index contributed by atoms with van der Waals surface area (Å²) in [6.07, 6.45) is 2.73. The van der Waals surface area contributed by atoms with E-state index in [-0.39, 0.29) is 23.6 Å². The third-order valence-corrected chi connectivity index (χ3v) is 5.00. The van der Waals surface area contributed by atoms with Gasteiger partial charge in [-0.25, -0.2) is 9.78 Å². The van der Waals surface area contributed by atoms with Crippen LogP contribution in [0.3, 0.4) is 0 Å². The predicted molar refractivity (Wildman–Crippen MR) is 109 cm³/mol. The molecule has 0 atom stereocenters. The number of esters is 1. The molecule has 0 unspecified atom stereocenters. The monoisotopic (exact) mass is 391 g/mol. The van der Waals surface area contributed by atoms with Gasteiger partial charge in [0.15, 0.2) is 0 Å². The quantitative estimate of drug-likeness (QED) is 0.690. The molecule has 0 saturated carbocycles. The van der Waals surface area contributed by atoms with Gasteiger partial charge in [-0.2, -0.15) is 0 Å². The molecule has 3 aromatic rings. The van der Waals surface area contributed by atoms with Crippen molar-refractivity contribution in [2.24, 2.45) is 0 Å². The molecule has 0 saturated heterocycles. The van der Waals surface area contributed by atoms with E-state index in [4.69, 9.17) is 4.74 Å². The van der Waals surface area contributed by atoms with E-state index in [1.165, 1.54) is 0 Å². The Balaban J connectivity index is 1.66. The number of hydrogen-bond acceptors (Lipinski definition) is 5. The standard InChI is InChI=1S/C22H21N3O4/c1-2-29-22(28)16-7-3-4-8-17(16)24-20(26)14-10-11-15-18(13-14)23-19-9-5-6-12-25(19)21(15)27/h3-4,7-8,10-11,13H,2,5-6,9,12H2,1H3,(H,24,26). The number of benzene rings is 2. The summed E-state index contributed by atoms with van der Waals surface area (Å²) in [5.74, 6) is -0.120. The topological polar surface area (TPSA) is 90.3 Å². The van der Waals surface area contributed by atoms with Crippen LogP contribution in [-0.2, 0) is 17.7 Å². The molecule has 29 heavy (non-hydrogen) atoms. The second-order valence-corrected chi connectivity index (χ2v) is 6.89. The lowest BCUT2D eigenvalue weighted by molar-refractivity contribution is 0.0527. The van der Waals surface area contributed by atoms with Gasteiger partial charge in [0.05, 0.1) is 28.8 Å². The zero-order valence-corrected chi connectivity index (χ0v) is 16.1. The van der Waals surface area contributed by atoms with Crippen molar-refractivity contribution in [3.63, 3.8) is 0 Å². The summed E-state index contributed by atoms with van der Waals surface area (Å²) in [5.41, 5.74) is 1.46. The number of anilines is 1. The van der Waals surface area contributed by atoms with Gasteiger partial charge in [0, 0.05) is 18.5 Å². The van der Waals surface area contributed by atoms with E-state index in [0.29, 0.717) is 28.7 Å². The van der Waals surface area contributed by atoms with Gasteiger partial charge in [-0.05, 0) is 50.1 Å². The van der Waals surface area contributed by atoms with E-state index in [1.807, 2.05) is 0 Å². The van der Waals surface area contributed by atoms with Crippen LogP contribution in [0.15, 0.2) is 47.3 Å². The minimum Gasteiger partial charge on any atom is -0.462 e. The summed E-state index contributed by atoms with van der Waals surface area (Å²) in [7, 11) is 0. The number of hydrogen-bond donors (Lipinski definition) is 1. The van der Waals surface area contributed by atoms with Crippen LogP contribution in [0.5, 0.6) is 0 Å². The highest BCUT2D eigenvalue weighted by atomic mass is 16.5. The van der Waals surface area contributed by atoms with Crippen molar-refractivity contribution in [1.82, 2.24) is 9.55 Å². The number of carbonyl (C=O) groups excluding carboxylic acids is 2. The lowest BCUT2D eigenvalue weighted by Crippen LogP contribution is -2.28. The maximum absolute atomic E-state index is 12.8. The Kier molecular flexibility index (Phi) is 5.12. The first-order chi connectivity index (χ1) is 14.1. The number of rotatable bonds is 4. The number of aryl methyl sites for hydroxylation is 1. The summed E-state index contributed by atoms with van der Waals surface area (Å²) in [4.78, 5) is 42.2. The Bertz CT molecular complexity index is 1170. The van der Waals surface area contributed by atoms with Crippen LogP contribution >= 0.6 is 0 Å². The largest absolute Gasteiger partial charge is 0.462 e. The molecule has 1 amide bonds. The first-order valence-corrected chi connectivity index (χ1v) is 9.69. The van der Waals surface area contributed by atoms with E-state index in [1.54, 1.807) is 54.0 Å². The van der Waals surface area contributed by atoms with Crippen molar-refractivity contribution in [2.45, 2.75) is 32.7 Å². The third kappa shape index (κ3) is 3.63. The van der Waals surface area contributed by atoms with E-state index in [9.17, 15) is 14.4 Å². The van der Waals surface area contributed by atoms with Crippen LogP contribution in [0, 0.1) is 0 Å². The smallest absolute Gasteiger partial charge is 0.340 e. The van der Waals surface area contributed by atoms with Crippen molar-refractivity contribution in [3.8, 4) is 0 Å². The number of amides is 1. The van der Waals surface area contributed by atoms with Gasteiger partial charge in [0.2, 0.25) is 0 Å². The molecule has 2 heterocycles. The average Bonchev–Trinajstić information content (AvgIpc) is 2.74. The van der Waals surface area contributed by atoms with E-state index in [0.717, 1.165) is 25.1 Å². The van der Waals surface area contributed by atoms with Crippen LogP contribution in [0.2, 0.25) is 0 Å². The second kappa shape index (κ2) is 7.87. The molecular weight excluding hydrogens is 370 g/mol. The first kappa shape index (κ1) is 18.9. The van der Waals surface area contributed by atoms with Crippen molar-refractivity contribution in [3.05, 3.63) is 69.8 Å². The van der Waals surface area contributed by atoms with Gasteiger partial charge in [0.25, 0.3) is 11.5 Å². The number of fused-ring (bicyclic) bond motifs is 2. The van der Waals surface area contributed by atoms with Crippen LogP contribution < -0.4 is 10.9 Å². The molecule has 7 heteroatoms. The van der Waals surface area contributed by atoms with Gasteiger partial charge in [0.1, 0.15) is 5.82 Å². The molecule has 4 rings (SSSR count). The van der Waals surface area contributed by atoms with Crippen LogP contribution in [-0.4, -0.2) is 28.0 Å². The lowest BCUT2D eigenvalue weighted by atomic mass is 10.1. The molecule has 7 nitrogen and oxygen atoms in total. The van der Waals surface area contributed by atoms with Crippen molar-refractivity contribution >= 4 is 28.5 Å². The lowest BCUT2D eigenvalue weighted by Gasteiger charge is -2.18. The fourth-order valence-corrected chi connectivity index (χ4v) is 3.56. The second-order valence-electron chi connectivity index (χ2n) is 6.89. The van der Waals surface area contributed by atoms with E-state index < -0.39 is 5.97 Å². The maximum Gasteiger partial charge on any atom is 0.340 e. The number of ether oxygens (including phenoxy) is 1. The summed E-state index contributed by atoms with van der Waals surface area (Å²) in [6.45, 7) is 2.66. The van der Waals surface area contributed by atoms with Gasteiger partial charge < -0.3 is 10.1 Å². The number of aromatic nitrogens is 2. The van der Waals surface area contributed by atoms with Gasteiger partial charge in [-0.15, -0.1) is 0 Å². The Morgan fingerprint density at radius 1 is 1.17 bits per heavy atom. The SMILES string of the molecule is CCOC(=O)c1ccccc1NC(=O)c1ccc2c(=O)n3c(nc2c1)CCCC3. The van der Waals surface area contributed by atoms with Crippen molar-refractivity contribution in [2.75, 3.05) is 11.9 Å². The molecule has 0 bridgehead atoms. The number of carbonyl (C=O) groups is 2. The van der Waals surface area contributed by atoms with Crippen LogP contribution in [0.4, 0.5) is 5.69 Å². The normalized spacial score (nSPS) is 13.0. The van der Waals surface area contributed by atoms with E-state index in [2.05, 4.69) is 10.3 Å². The summed E-state index contributed by atoms with van der Waals surface area (Å²) in [6, 6.07) is 11.5. The third-order valence-electron chi connectivity index (χ3n) is 5.00. The van der Waals surface area contributed by atoms with Gasteiger partial charge in [-0.3, -0.25) is 14.2 Å². The molecule has 1 N–H and O–H groups in total. The van der Waals surface area contributed by atoms with Gasteiger partial charge >= 0.3 is 5.97 Å². The minimum atomic E-state index is -0.497. The minimum absolute atomic E-state index is 0.0654. The highest BCUT2D eigenvalue weighted by molar-refractivity contribution is 6.09. The zero-order chi connectivity index (χ0) is 20.4. The molecule has 1 aliphatic heterocycles. The molecule has 0 aliphatic carbocycles. The Hall–Kier alpha value is -3.48. The fourth-order valence-electron chi connectivity index (χ4n) is 3.56. The highest BCUT2D eigenvalue weighted by Gasteiger charge is 2.18. The first-order valence-electron chi connectivity index (χ1n) is 9.69. The molecule has 0 radical (unpaired) electrons. The molecular formula is C22H21N3O4. The van der Waals surface area contributed by atoms with E-state index >= 15 is 0 Å². The molecule has 2 aromatic carbocycles. The molecule has 1 aromatic heterocycles. The molecule has 0 fully saturated rings. The number of nitrogens with one attached hydrogen (secondary N) is 1. The van der Waals surface area contributed by atoms with Crippen molar-refractivity contribution < 1.29 is 14.3 Å². The average molecular weight is 391 g/mol. The summed E-state index contributed by atoms with van der Waals surface area (Å²) in [5, 5.41) is 3.26.